The zero-order chi connectivity index (χ0) is 16.3. The number of rotatable bonds is 4. The summed E-state index contributed by atoms with van der Waals surface area (Å²) in [4.78, 5) is 23.5. The van der Waals surface area contributed by atoms with E-state index in [4.69, 9.17) is 9.26 Å². The number of esters is 1. The van der Waals surface area contributed by atoms with Gasteiger partial charge in [0.05, 0.1) is 5.69 Å². The fourth-order valence-corrected chi connectivity index (χ4v) is 1.74. The number of aryl methyl sites for hydroxylation is 1. The summed E-state index contributed by atoms with van der Waals surface area (Å²) in [6, 6.07) is 4.99. The summed E-state index contributed by atoms with van der Waals surface area (Å²) in [5.74, 6) is -0.820. The van der Waals surface area contributed by atoms with Crippen LogP contribution in [0.2, 0.25) is 0 Å². The first kappa shape index (κ1) is 15.8. The Bertz CT molecular complexity index is 679. The normalized spacial score (nSPS) is 11.3. The second-order valence-electron chi connectivity index (χ2n) is 5.96. The molecular weight excluding hydrogens is 286 g/mol. The highest BCUT2D eigenvalue weighted by atomic mass is 16.5. The molecule has 0 radical (unpaired) electrons. The van der Waals surface area contributed by atoms with Crippen LogP contribution in [0.4, 0.5) is 5.88 Å². The van der Waals surface area contributed by atoms with Crippen molar-refractivity contribution >= 4 is 17.8 Å². The molecule has 1 N–H and O–H groups in total. The van der Waals surface area contributed by atoms with E-state index < -0.39 is 18.5 Å². The summed E-state index contributed by atoms with van der Waals surface area (Å²) in [5.41, 5.74) is 0.928. The second kappa shape index (κ2) is 6.05. The van der Waals surface area contributed by atoms with Gasteiger partial charge in [-0.05, 0) is 12.1 Å². The Kier molecular flexibility index (Phi) is 4.35. The maximum atomic E-state index is 11.8. The second-order valence-corrected chi connectivity index (χ2v) is 5.96. The van der Waals surface area contributed by atoms with Gasteiger partial charge in [-0.15, -0.1) is 0 Å². The van der Waals surface area contributed by atoms with Gasteiger partial charge >= 0.3 is 5.97 Å². The van der Waals surface area contributed by atoms with Gasteiger partial charge in [0.15, 0.2) is 6.61 Å². The number of nitrogens with zero attached hydrogens (tertiary/aromatic N) is 2. The van der Waals surface area contributed by atoms with Crippen LogP contribution in [0.25, 0.3) is 0 Å². The molecule has 0 aliphatic carbocycles. The number of aromatic nitrogens is 2. The van der Waals surface area contributed by atoms with Crippen LogP contribution in [0.1, 0.15) is 37.0 Å². The average molecular weight is 305 g/mol. The number of anilines is 1. The molecule has 0 saturated carbocycles. The zero-order valence-electron chi connectivity index (χ0n) is 13.0. The topological polar surface area (TPSA) is 86.4 Å². The average Bonchev–Trinajstić information content (AvgIpc) is 3.04. The quantitative estimate of drug-likeness (QED) is 0.874. The largest absolute Gasteiger partial charge is 0.451 e. The minimum Gasteiger partial charge on any atom is -0.451 e. The third-order valence-corrected chi connectivity index (χ3v) is 3.03. The van der Waals surface area contributed by atoms with Crippen LogP contribution in [-0.4, -0.2) is 28.2 Å². The van der Waals surface area contributed by atoms with E-state index in [9.17, 15) is 9.59 Å². The SMILES string of the molecule is Cn1cccc1C(=O)OCC(=O)Nc1cc(C(C)(C)C)no1. The monoisotopic (exact) mass is 305 g/mol. The molecule has 0 saturated heterocycles. The Morgan fingerprint density at radius 1 is 1.41 bits per heavy atom. The summed E-state index contributed by atoms with van der Waals surface area (Å²) in [7, 11) is 1.72. The minimum absolute atomic E-state index is 0.175. The van der Waals surface area contributed by atoms with E-state index in [1.807, 2.05) is 20.8 Å². The standard InChI is InChI=1S/C15H19N3O4/c1-15(2,3)11-8-13(22-17-11)16-12(19)9-21-14(20)10-6-5-7-18(10)4/h5-8H,9H2,1-4H3,(H,16,19). The molecule has 7 nitrogen and oxygen atoms in total. The number of hydrogen-bond donors (Lipinski definition) is 1. The van der Waals surface area contributed by atoms with Crippen molar-refractivity contribution in [3.05, 3.63) is 35.8 Å². The zero-order valence-corrected chi connectivity index (χ0v) is 13.0. The molecule has 118 valence electrons. The third kappa shape index (κ3) is 3.75. The number of hydrogen-bond acceptors (Lipinski definition) is 5. The lowest BCUT2D eigenvalue weighted by molar-refractivity contribution is -0.119. The van der Waals surface area contributed by atoms with Crippen molar-refractivity contribution in [2.75, 3.05) is 11.9 Å². The fraction of sp³-hybridized carbons (Fsp3) is 0.400. The van der Waals surface area contributed by atoms with Gasteiger partial charge in [-0.3, -0.25) is 10.1 Å². The molecule has 0 fully saturated rings. The van der Waals surface area contributed by atoms with Crippen molar-refractivity contribution in [3.8, 4) is 0 Å². The predicted octanol–water partition coefficient (Wildman–Crippen LogP) is 2.11. The summed E-state index contributed by atoms with van der Waals surface area (Å²) >= 11 is 0. The maximum Gasteiger partial charge on any atom is 0.355 e. The lowest BCUT2D eigenvalue weighted by Gasteiger charge is -2.12. The van der Waals surface area contributed by atoms with E-state index in [2.05, 4.69) is 10.5 Å². The molecular formula is C15H19N3O4. The Labute approximate surface area is 128 Å². The van der Waals surface area contributed by atoms with E-state index >= 15 is 0 Å². The van der Waals surface area contributed by atoms with Gasteiger partial charge < -0.3 is 13.8 Å². The van der Waals surface area contributed by atoms with Crippen molar-refractivity contribution in [2.45, 2.75) is 26.2 Å². The first-order chi connectivity index (χ1) is 10.3. The predicted molar refractivity (Wildman–Crippen MR) is 79.5 cm³/mol. The molecule has 22 heavy (non-hydrogen) atoms. The van der Waals surface area contributed by atoms with Crippen LogP contribution in [0.3, 0.4) is 0 Å². The molecule has 0 aliphatic heterocycles. The van der Waals surface area contributed by atoms with Crippen LogP contribution >= 0.6 is 0 Å². The molecule has 0 bridgehead atoms. The van der Waals surface area contributed by atoms with Crippen LogP contribution in [0, 0.1) is 0 Å². The van der Waals surface area contributed by atoms with E-state index in [0.717, 1.165) is 5.69 Å². The van der Waals surface area contributed by atoms with Crippen molar-refractivity contribution < 1.29 is 18.8 Å². The molecule has 0 unspecified atom stereocenters. The molecule has 0 spiro atoms. The molecule has 7 heteroatoms. The number of carbonyl (C=O) groups excluding carboxylic acids is 2. The molecule has 0 aliphatic rings. The Morgan fingerprint density at radius 3 is 2.68 bits per heavy atom. The van der Waals surface area contributed by atoms with Gasteiger partial charge in [0.1, 0.15) is 5.69 Å². The van der Waals surface area contributed by atoms with Crippen LogP contribution in [0.5, 0.6) is 0 Å². The van der Waals surface area contributed by atoms with Crippen LogP contribution in [0.15, 0.2) is 28.9 Å². The Morgan fingerprint density at radius 2 is 2.14 bits per heavy atom. The lowest BCUT2D eigenvalue weighted by Crippen LogP contribution is -2.21. The van der Waals surface area contributed by atoms with Crippen LogP contribution in [-0.2, 0) is 22.0 Å². The maximum absolute atomic E-state index is 11.8. The van der Waals surface area contributed by atoms with E-state index in [1.54, 1.807) is 36.0 Å². The summed E-state index contributed by atoms with van der Waals surface area (Å²) in [5, 5.41) is 6.38. The number of ether oxygens (including phenoxy) is 1. The Balaban J connectivity index is 1.87. The van der Waals surface area contributed by atoms with Crippen molar-refractivity contribution in [3.63, 3.8) is 0 Å². The summed E-state index contributed by atoms with van der Waals surface area (Å²) < 4.78 is 11.6. The Hall–Kier alpha value is -2.57. The molecule has 0 aromatic carbocycles. The fourth-order valence-electron chi connectivity index (χ4n) is 1.74. The van der Waals surface area contributed by atoms with Crippen molar-refractivity contribution in [1.29, 1.82) is 0 Å². The molecule has 2 rings (SSSR count). The van der Waals surface area contributed by atoms with Crippen LogP contribution < -0.4 is 5.32 Å². The summed E-state index contributed by atoms with van der Waals surface area (Å²) in [6.45, 7) is 5.56. The number of carbonyl (C=O) groups is 2. The lowest BCUT2D eigenvalue weighted by atomic mass is 9.92. The number of nitrogens with one attached hydrogen (secondary N) is 1. The first-order valence-corrected chi connectivity index (χ1v) is 6.83. The van der Waals surface area contributed by atoms with Gasteiger partial charge in [-0.25, -0.2) is 4.79 Å². The van der Waals surface area contributed by atoms with Gasteiger partial charge in [0.25, 0.3) is 5.91 Å². The van der Waals surface area contributed by atoms with Gasteiger partial charge in [-0.2, -0.15) is 0 Å². The smallest absolute Gasteiger partial charge is 0.355 e. The highest BCUT2D eigenvalue weighted by Crippen LogP contribution is 2.23. The van der Waals surface area contributed by atoms with E-state index in [1.165, 1.54) is 0 Å². The third-order valence-electron chi connectivity index (χ3n) is 3.03. The molecule has 2 aromatic rings. The van der Waals surface area contributed by atoms with Gasteiger partial charge in [0, 0.05) is 24.7 Å². The van der Waals surface area contributed by atoms with Crippen molar-refractivity contribution in [1.82, 2.24) is 9.72 Å². The van der Waals surface area contributed by atoms with Gasteiger partial charge in [0.2, 0.25) is 5.88 Å². The highest BCUT2D eigenvalue weighted by molar-refractivity contribution is 5.94. The molecule has 2 aromatic heterocycles. The van der Waals surface area contributed by atoms with Gasteiger partial charge in [-0.1, -0.05) is 25.9 Å². The minimum atomic E-state index is -0.560. The summed E-state index contributed by atoms with van der Waals surface area (Å²) in [6.07, 6.45) is 1.72. The molecule has 0 atom stereocenters. The first-order valence-electron chi connectivity index (χ1n) is 6.83. The molecule has 1 amide bonds. The van der Waals surface area contributed by atoms with Crippen molar-refractivity contribution in [2.24, 2.45) is 7.05 Å². The van der Waals surface area contributed by atoms with E-state index in [0.29, 0.717) is 5.69 Å². The van der Waals surface area contributed by atoms with E-state index in [-0.39, 0.29) is 11.3 Å². The highest BCUT2D eigenvalue weighted by Gasteiger charge is 2.20. The molecule has 2 heterocycles. The number of amides is 1.